The quantitative estimate of drug-likeness (QED) is 0.866. The van der Waals surface area contributed by atoms with Gasteiger partial charge in [0.25, 0.3) is 10.0 Å². The first kappa shape index (κ1) is 14.6. The zero-order valence-electron chi connectivity index (χ0n) is 11.3. The summed E-state index contributed by atoms with van der Waals surface area (Å²) in [5.74, 6) is 1.31. The molecule has 0 bridgehead atoms. The maximum atomic E-state index is 11.1. The standard InChI is InChI=1S/C13H22N2O3S/c1-10(11-5-3-2-4-6-11)15-9-12-7-8-13(18-12)19(14,16)17/h7-8,10-11,15H,2-6,9H2,1H3,(H2,14,16,17)/t10-/m0/s1. The molecule has 108 valence electrons. The summed E-state index contributed by atoms with van der Waals surface area (Å²) in [4.78, 5) is 0. The topological polar surface area (TPSA) is 85.3 Å². The van der Waals surface area contributed by atoms with E-state index >= 15 is 0 Å². The van der Waals surface area contributed by atoms with Gasteiger partial charge in [0, 0.05) is 6.04 Å². The highest BCUT2D eigenvalue weighted by Crippen LogP contribution is 2.26. The van der Waals surface area contributed by atoms with E-state index in [9.17, 15) is 8.42 Å². The fraction of sp³-hybridized carbons (Fsp3) is 0.692. The lowest BCUT2D eigenvalue weighted by Gasteiger charge is -2.28. The van der Waals surface area contributed by atoms with Gasteiger partial charge in [0.15, 0.2) is 0 Å². The highest BCUT2D eigenvalue weighted by atomic mass is 32.2. The lowest BCUT2D eigenvalue weighted by Crippen LogP contribution is -2.34. The van der Waals surface area contributed by atoms with Crippen molar-refractivity contribution in [3.8, 4) is 0 Å². The smallest absolute Gasteiger partial charge is 0.271 e. The van der Waals surface area contributed by atoms with E-state index in [1.807, 2.05) is 0 Å². The highest BCUT2D eigenvalue weighted by molar-refractivity contribution is 7.89. The number of nitrogens with one attached hydrogen (secondary N) is 1. The molecule has 0 spiro atoms. The molecule has 5 nitrogen and oxygen atoms in total. The fourth-order valence-corrected chi connectivity index (χ4v) is 3.15. The SMILES string of the molecule is C[C@H](NCc1ccc(S(N)(=O)=O)o1)C1CCCCC1. The normalized spacial score (nSPS) is 19.5. The number of sulfonamides is 1. The molecule has 0 unspecified atom stereocenters. The van der Waals surface area contributed by atoms with E-state index in [-0.39, 0.29) is 5.09 Å². The molecule has 0 aromatic carbocycles. The summed E-state index contributed by atoms with van der Waals surface area (Å²) in [6, 6.07) is 3.47. The Balaban J connectivity index is 1.86. The number of rotatable bonds is 5. The van der Waals surface area contributed by atoms with E-state index in [0.717, 1.165) is 0 Å². The van der Waals surface area contributed by atoms with Crippen LogP contribution in [0.25, 0.3) is 0 Å². The summed E-state index contributed by atoms with van der Waals surface area (Å²) in [5, 5.41) is 8.23. The molecule has 1 fully saturated rings. The first-order valence-electron chi connectivity index (χ1n) is 6.82. The van der Waals surface area contributed by atoms with Crippen LogP contribution in [-0.4, -0.2) is 14.5 Å². The van der Waals surface area contributed by atoms with Crippen LogP contribution in [0.1, 0.15) is 44.8 Å². The monoisotopic (exact) mass is 286 g/mol. The molecule has 1 heterocycles. The van der Waals surface area contributed by atoms with Gasteiger partial charge < -0.3 is 9.73 Å². The van der Waals surface area contributed by atoms with Crippen molar-refractivity contribution in [2.75, 3.05) is 0 Å². The van der Waals surface area contributed by atoms with Crippen molar-refractivity contribution in [3.05, 3.63) is 17.9 Å². The van der Waals surface area contributed by atoms with Crippen LogP contribution in [-0.2, 0) is 16.6 Å². The lowest BCUT2D eigenvalue weighted by atomic mass is 9.84. The van der Waals surface area contributed by atoms with Crippen LogP contribution in [0.2, 0.25) is 0 Å². The van der Waals surface area contributed by atoms with Gasteiger partial charge in [-0.15, -0.1) is 0 Å². The van der Waals surface area contributed by atoms with Crippen LogP contribution >= 0.6 is 0 Å². The van der Waals surface area contributed by atoms with Crippen molar-refractivity contribution in [2.24, 2.45) is 11.1 Å². The molecule has 19 heavy (non-hydrogen) atoms. The average molecular weight is 286 g/mol. The van der Waals surface area contributed by atoms with E-state index in [1.54, 1.807) is 6.07 Å². The van der Waals surface area contributed by atoms with Crippen molar-refractivity contribution in [1.29, 1.82) is 0 Å². The third-order valence-corrected chi connectivity index (χ3v) is 4.65. The van der Waals surface area contributed by atoms with Gasteiger partial charge in [0.05, 0.1) is 6.54 Å². The molecule has 3 N–H and O–H groups in total. The van der Waals surface area contributed by atoms with Crippen LogP contribution in [0.3, 0.4) is 0 Å². The zero-order chi connectivity index (χ0) is 13.9. The van der Waals surface area contributed by atoms with Crippen molar-refractivity contribution in [2.45, 2.75) is 56.7 Å². The molecule has 0 amide bonds. The number of primary sulfonamides is 1. The maximum Gasteiger partial charge on any atom is 0.271 e. The molecule has 1 aliphatic carbocycles. The molecule has 1 atom stereocenters. The third-order valence-electron chi connectivity index (χ3n) is 3.87. The van der Waals surface area contributed by atoms with Crippen LogP contribution in [0, 0.1) is 5.92 Å². The first-order chi connectivity index (χ1) is 8.97. The molecule has 0 saturated heterocycles. The summed E-state index contributed by atoms with van der Waals surface area (Å²) in [6.45, 7) is 2.71. The fourth-order valence-electron chi connectivity index (χ4n) is 2.67. The van der Waals surface area contributed by atoms with E-state index in [4.69, 9.17) is 9.56 Å². The van der Waals surface area contributed by atoms with Gasteiger partial charge >= 0.3 is 0 Å². The lowest BCUT2D eigenvalue weighted by molar-refractivity contribution is 0.273. The van der Waals surface area contributed by atoms with Gasteiger partial charge in [-0.3, -0.25) is 0 Å². The molecule has 1 saturated carbocycles. The summed E-state index contributed by atoms with van der Waals surface area (Å²) in [7, 11) is -3.74. The van der Waals surface area contributed by atoms with Crippen molar-refractivity contribution < 1.29 is 12.8 Å². The van der Waals surface area contributed by atoms with Gasteiger partial charge in [-0.05, 0) is 37.8 Å². The van der Waals surface area contributed by atoms with E-state index in [2.05, 4.69) is 12.2 Å². The van der Waals surface area contributed by atoms with E-state index in [0.29, 0.717) is 24.3 Å². The second-order valence-electron chi connectivity index (χ2n) is 5.33. The third kappa shape index (κ3) is 4.06. The maximum absolute atomic E-state index is 11.1. The molecule has 0 aliphatic heterocycles. The predicted molar refractivity (Wildman–Crippen MR) is 73.0 cm³/mol. The molecule has 1 aromatic rings. The Morgan fingerprint density at radius 2 is 2.05 bits per heavy atom. The van der Waals surface area contributed by atoms with Gasteiger partial charge in [-0.1, -0.05) is 19.3 Å². The first-order valence-corrected chi connectivity index (χ1v) is 8.36. The van der Waals surface area contributed by atoms with Crippen LogP contribution in [0.5, 0.6) is 0 Å². The van der Waals surface area contributed by atoms with Crippen LogP contribution in [0.4, 0.5) is 0 Å². The van der Waals surface area contributed by atoms with Gasteiger partial charge in [0.2, 0.25) is 5.09 Å². The minimum atomic E-state index is -3.74. The number of hydrogen-bond acceptors (Lipinski definition) is 4. The Hall–Kier alpha value is -0.850. The Morgan fingerprint density at radius 3 is 2.63 bits per heavy atom. The van der Waals surface area contributed by atoms with Crippen molar-refractivity contribution in [3.63, 3.8) is 0 Å². The van der Waals surface area contributed by atoms with Crippen molar-refractivity contribution >= 4 is 10.0 Å². The number of nitrogens with two attached hydrogens (primary N) is 1. The van der Waals surface area contributed by atoms with Gasteiger partial charge in [-0.25, -0.2) is 13.6 Å². The second kappa shape index (κ2) is 6.07. The number of hydrogen-bond donors (Lipinski definition) is 2. The minimum absolute atomic E-state index is 0.172. The van der Waals surface area contributed by atoms with E-state index < -0.39 is 10.0 Å². The number of furan rings is 1. The molecule has 2 rings (SSSR count). The molecular formula is C13H22N2O3S. The minimum Gasteiger partial charge on any atom is -0.447 e. The average Bonchev–Trinajstić information content (AvgIpc) is 2.86. The summed E-state index contributed by atoms with van der Waals surface area (Å²) < 4.78 is 27.4. The second-order valence-corrected chi connectivity index (χ2v) is 6.83. The Kier molecular flexibility index (Phi) is 4.65. The molecule has 1 aromatic heterocycles. The Bertz CT molecular complexity index is 504. The van der Waals surface area contributed by atoms with E-state index in [1.165, 1.54) is 38.2 Å². The molecule has 0 radical (unpaired) electrons. The summed E-state index contributed by atoms with van der Waals surface area (Å²) in [6.07, 6.45) is 6.52. The van der Waals surface area contributed by atoms with Gasteiger partial charge in [-0.2, -0.15) is 0 Å². The highest BCUT2D eigenvalue weighted by Gasteiger charge is 2.20. The molecule has 6 heteroatoms. The van der Waals surface area contributed by atoms with Crippen LogP contribution in [0.15, 0.2) is 21.6 Å². The molecule has 1 aliphatic rings. The van der Waals surface area contributed by atoms with Crippen molar-refractivity contribution in [1.82, 2.24) is 5.32 Å². The Morgan fingerprint density at radius 1 is 1.37 bits per heavy atom. The summed E-state index contributed by atoms with van der Waals surface area (Å²) >= 11 is 0. The Labute approximate surface area is 114 Å². The largest absolute Gasteiger partial charge is 0.447 e. The van der Waals surface area contributed by atoms with Gasteiger partial charge in [0.1, 0.15) is 5.76 Å². The predicted octanol–water partition coefficient (Wildman–Crippen LogP) is 1.99. The molecular weight excluding hydrogens is 264 g/mol. The summed E-state index contributed by atoms with van der Waals surface area (Å²) in [5.41, 5.74) is 0. The zero-order valence-corrected chi connectivity index (χ0v) is 12.1. The van der Waals surface area contributed by atoms with Crippen LogP contribution < -0.4 is 10.5 Å².